The van der Waals surface area contributed by atoms with Crippen LogP contribution in [0.5, 0.6) is 0 Å². The van der Waals surface area contributed by atoms with Gasteiger partial charge in [0, 0.05) is 28.3 Å². The number of nitrogens with two attached hydrogens (primary N) is 1. The number of nitrogen functional groups attached to an aromatic ring is 1. The molecule has 0 atom stereocenters. The number of hydrogen-bond acceptors (Lipinski definition) is 4. The van der Waals surface area contributed by atoms with E-state index in [2.05, 4.69) is 26.2 Å². The van der Waals surface area contributed by atoms with Crippen molar-refractivity contribution in [1.29, 1.82) is 0 Å². The van der Waals surface area contributed by atoms with Crippen LogP contribution < -0.4 is 11.1 Å². The molecule has 1 aromatic heterocycles. The van der Waals surface area contributed by atoms with Crippen LogP contribution in [0.1, 0.15) is 10.4 Å². The first-order valence-corrected chi connectivity index (χ1v) is 6.81. The fraction of sp³-hybridized carbons (Fsp3) is 0.143. The largest absolute Gasteiger partial charge is 0.395 e. The van der Waals surface area contributed by atoms with Gasteiger partial charge in [0.25, 0.3) is 5.91 Å². The third-order valence-corrected chi connectivity index (χ3v) is 3.17. The second-order valence-corrected chi connectivity index (χ2v) is 5.06. The molecule has 20 heavy (non-hydrogen) atoms. The van der Waals surface area contributed by atoms with E-state index in [0.29, 0.717) is 11.4 Å². The molecule has 0 bridgehead atoms. The SMILES string of the molecule is Nc1ncc(Br)cc1-c1ccc(C(=O)NCCO)cc1. The fourth-order valence-electron chi connectivity index (χ4n) is 1.75. The van der Waals surface area contributed by atoms with E-state index >= 15 is 0 Å². The number of nitrogens with one attached hydrogen (secondary N) is 1. The number of aliphatic hydroxyl groups is 1. The van der Waals surface area contributed by atoms with E-state index in [4.69, 9.17) is 10.8 Å². The van der Waals surface area contributed by atoms with E-state index in [9.17, 15) is 4.79 Å². The lowest BCUT2D eigenvalue weighted by Crippen LogP contribution is -2.26. The number of rotatable bonds is 4. The van der Waals surface area contributed by atoms with Crippen molar-refractivity contribution in [3.63, 3.8) is 0 Å². The van der Waals surface area contributed by atoms with Gasteiger partial charge in [-0.1, -0.05) is 12.1 Å². The molecular weight excluding hydrogens is 322 g/mol. The van der Waals surface area contributed by atoms with Crippen LogP contribution in [-0.4, -0.2) is 29.1 Å². The Balaban J connectivity index is 2.24. The van der Waals surface area contributed by atoms with Crippen LogP contribution in [0.3, 0.4) is 0 Å². The van der Waals surface area contributed by atoms with Gasteiger partial charge in [0.15, 0.2) is 0 Å². The van der Waals surface area contributed by atoms with E-state index in [1.54, 1.807) is 18.3 Å². The smallest absolute Gasteiger partial charge is 0.251 e. The molecule has 1 aromatic carbocycles. The number of carbonyl (C=O) groups excluding carboxylic acids is 1. The Labute approximate surface area is 125 Å². The molecule has 0 unspecified atom stereocenters. The van der Waals surface area contributed by atoms with Crippen LogP contribution in [0, 0.1) is 0 Å². The van der Waals surface area contributed by atoms with Crippen molar-refractivity contribution in [1.82, 2.24) is 10.3 Å². The highest BCUT2D eigenvalue weighted by Crippen LogP contribution is 2.27. The molecule has 0 aliphatic carbocycles. The Bertz CT molecular complexity index is 614. The number of aliphatic hydroxyl groups excluding tert-OH is 1. The van der Waals surface area contributed by atoms with Gasteiger partial charge < -0.3 is 16.2 Å². The summed E-state index contributed by atoms with van der Waals surface area (Å²) in [5, 5.41) is 11.3. The summed E-state index contributed by atoms with van der Waals surface area (Å²) < 4.78 is 0.839. The van der Waals surface area contributed by atoms with Crippen LogP contribution in [-0.2, 0) is 0 Å². The summed E-state index contributed by atoms with van der Waals surface area (Å²) in [4.78, 5) is 15.8. The fourth-order valence-corrected chi connectivity index (χ4v) is 2.09. The van der Waals surface area contributed by atoms with Gasteiger partial charge in [0.2, 0.25) is 0 Å². The maximum absolute atomic E-state index is 11.7. The summed E-state index contributed by atoms with van der Waals surface area (Å²) in [5.74, 6) is 0.219. The summed E-state index contributed by atoms with van der Waals surface area (Å²) in [5.41, 5.74) is 8.07. The van der Waals surface area contributed by atoms with Crippen molar-refractivity contribution >= 4 is 27.7 Å². The first-order chi connectivity index (χ1) is 9.61. The van der Waals surface area contributed by atoms with Crippen LogP contribution in [0.4, 0.5) is 5.82 Å². The minimum atomic E-state index is -0.217. The van der Waals surface area contributed by atoms with Gasteiger partial charge >= 0.3 is 0 Å². The van der Waals surface area contributed by atoms with Crippen molar-refractivity contribution in [2.24, 2.45) is 0 Å². The average molecular weight is 336 g/mol. The van der Waals surface area contributed by atoms with E-state index in [0.717, 1.165) is 15.6 Å². The number of carbonyl (C=O) groups is 1. The summed E-state index contributed by atoms with van der Waals surface area (Å²) in [6.45, 7) is 0.160. The quantitative estimate of drug-likeness (QED) is 0.795. The molecular formula is C14H14BrN3O2. The van der Waals surface area contributed by atoms with Gasteiger partial charge in [-0.25, -0.2) is 4.98 Å². The number of hydrogen-bond donors (Lipinski definition) is 3. The van der Waals surface area contributed by atoms with E-state index < -0.39 is 0 Å². The molecule has 0 saturated heterocycles. The molecule has 0 spiro atoms. The van der Waals surface area contributed by atoms with Gasteiger partial charge in [-0.3, -0.25) is 4.79 Å². The highest BCUT2D eigenvalue weighted by molar-refractivity contribution is 9.10. The van der Waals surface area contributed by atoms with E-state index in [1.807, 2.05) is 18.2 Å². The standard InChI is InChI=1S/C14H14BrN3O2/c15-11-7-12(13(16)18-8-11)9-1-3-10(4-2-9)14(20)17-5-6-19/h1-4,7-8,19H,5-6H2,(H2,16,18)(H,17,20). The minimum absolute atomic E-state index is 0.0793. The lowest BCUT2D eigenvalue weighted by atomic mass is 10.0. The second kappa shape index (κ2) is 6.49. The zero-order valence-corrected chi connectivity index (χ0v) is 12.2. The Morgan fingerprint density at radius 2 is 2.05 bits per heavy atom. The van der Waals surface area contributed by atoms with Crippen molar-refractivity contribution in [2.45, 2.75) is 0 Å². The zero-order chi connectivity index (χ0) is 14.5. The number of amides is 1. The topological polar surface area (TPSA) is 88.2 Å². The van der Waals surface area contributed by atoms with Crippen molar-refractivity contribution < 1.29 is 9.90 Å². The molecule has 0 aliphatic rings. The molecule has 0 aliphatic heterocycles. The number of halogens is 1. The third kappa shape index (κ3) is 3.34. The molecule has 4 N–H and O–H groups in total. The Morgan fingerprint density at radius 3 is 2.70 bits per heavy atom. The molecule has 0 saturated carbocycles. The maximum atomic E-state index is 11.7. The second-order valence-electron chi connectivity index (χ2n) is 4.14. The summed E-state index contributed by atoms with van der Waals surface area (Å²) in [7, 11) is 0. The average Bonchev–Trinajstić information content (AvgIpc) is 2.47. The Kier molecular flexibility index (Phi) is 4.70. The summed E-state index contributed by atoms with van der Waals surface area (Å²) in [6.07, 6.45) is 1.63. The highest BCUT2D eigenvalue weighted by atomic mass is 79.9. The van der Waals surface area contributed by atoms with Crippen LogP contribution in [0.15, 0.2) is 41.0 Å². The molecule has 5 nitrogen and oxygen atoms in total. The molecule has 1 heterocycles. The molecule has 0 fully saturated rings. The molecule has 6 heteroatoms. The van der Waals surface area contributed by atoms with E-state index in [1.165, 1.54) is 0 Å². The summed E-state index contributed by atoms with van der Waals surface area (Å²) in [6, 6.07) is 8.93. The number of benzene rings is 1. The normalized spacial score (nSPS) is 10.3. The predicted octanol–water partition coefficient (Wildman–Crippen LogP) is 1.82. The van der Waals surface area contributed by atoms with Crippen LogP contribution in [0.25, 0.3) is 11.1 Å². The van der Waals surface area contributed by atoms with Gasteiger partial charge in [-0.2, -0.15) is 0 Å². The number of aromatic nitrogens is 1. The van der Waals surface area contributed by atoms with Gasteiger partial charge in [-0.05, 0) is 39.7 Å². The van der Waals surface area contributed by atoms with Crippen LogP contribution in [0.2, 0.25) is 0 Å². The predicted molar refractivity (Wildman–Crippen MR) is 81.2 cm³/mol. The maximum Gasteiger partial charge on any atom is 0.251 e. The first-order valence-electron chi connectivity index (χ1n) is 6.02. The molecule has 1 amide bonds. The Hall–Kier alpha value is -1.92. The van der Waals surface area contributed by atoms with Crippen molar-refractivity contribution in [2.75, 3.05) is 18.9 Å². The van der Waals surface area contributed by atoms with Crippen molar-refractivity contribution in [3.05, 3.63) is 46.6 Å². The van der Waals surface area contributed by atoms with Gasteiger partial charge in [0.05, 0.1) is 6.61 Å². The van der Waals surface area contributed by atoms with Crippen molar-refractivity contribution in [3.8, 4) is 11.1 Å². The highest BCUT2D eigenvalue weighted by Gasteiger charge is 2.08. The first kappa shape index (κ1) is 14.5. The lowest BCUT2D eigenvalue weighted by molar-refractivity contribution is 0.0945. The number of pyridine rings is 1. The van der Waals surface area contributed by atoms with Crippen LogP contribution >= 0.6 is 15.9 Å². The van der Waals surface area contributed by atoms with E-state index in [-0.39, 0.29) is 19.1 Å². The third-order valence-electron chi connectivity index (χ3n) is 2.74. The lowest BCUT2D eigenvalue weighted by Gasteiger charge is -2.07. The molecule has 2 aromatic rings. The monoisotopic (exact) mass is 335 g/mol. The van der Waals surface area contributed by atoms with Gasteiger partial charge in [0.1, 0.15) is 5.82 Å². The van der Waals surface area contributed by atoms with Gasteiger partial charge in [-0.15, -0.1) is 0 Å². The summed E-state index contributed by atoms with van der Waals surface area (Å²) >= 11 is 3.35. The Morgan fingerprint density at radius 1 is 1.35 bits per heavy atom. The molecule has 0 radical (unpaired) electrons. The zero-order valence-electron chi connectivity index (χ0n) is 10.6. The molecule has 104 valence electrons. The number of nitrogens with zero attached hydrogens (tertiary/aromatic N) is 1. The molecule has 2 rings (SSSR count). The number of anilines is 1. The minimum Gasteiger partial charge on any atom is -0.395 e.